The molecule has 0 bridgehead atoms. The van der Waals surface area contributed by atoms with Crippen molar-refractivity contribution in [2.45, 2.75) is 61.9 Å². The van der Waals surface area contributed by atoms with Crippen LogP contribution in [0.1, 0.15) is 98.5 Å². The van der Waals surface area contributed by atoms with E-state index >= 15 is 0 Å². The van der Waals surface area contributed by atoms with E-state index in [4.69, 9.17) is 4.99 Å². The predicted octanol–water partition coefficient (Wildman–Crippen LogP) is 20.6. The number of aryl methyl sites for hydroxylation is 1. The van der Waals surface area contributed by atoms with Crippen LogP contribution in [0.15, 0.2) is 272 Å². The minimum atomic E-state index is 0.498. The highest BCUT2D eigenvalue weighted by Gasteiger charge is 2.18. The Bertz CT molecular complexity index is 3210. The van der Waals surface area contributed by atoms with Crippen molar-refractivity contribution in [1.82, 2.24) is 0 Å². The van der Waals surface area contributed by atoms with Gasteiger partial charge in [-0.25, -0.2) is 0 Å². The fourth-order valence-corrected chi connectivity index (χ4v) is 8.47. The molecule has 75 heavy (non-hydrogen) atoms. The van der Waals surface area contributed by atoms with E-state index in [-0.39, 0.29) is 0 Å². The fourth-order valence-electron chi connectivity index (χ4n) is 8.47. The van der Waals surface area contributed by atoms with Gasteiger partial charge in [0.15, 0.2) is 0 Å². The highest BCUT2D eigenvalue weighted by molar-refractivity contribution is 6.19. The summed E-state index contributed by atoms with van der Waals surface area (Å²) in [4.78, 5) is 9.83. The zero-order chi connectivity index (χ0) is 54.1. The molecule has 0 saturated heterocycles. The maximum absolute atomic E-state index is 5.28. The Hall–Kier alpha value is -8.72. The number of aliphatic imine (C=N–C) groups is 2. The molecule has 7 aromatic rings. The zero-order valence-corrected chi connectivity index (χ0v) is 45.6. The van der Waals surface area contributed by atoms with Gasteiger partial charge in [0, 0.05) is 16.7 Å². The van der Waals surface area contributed by atoms with Crippen molar-refractivity contribution in [3.8, 4) is 22.3 Å². The van der Waals surface area contributed by atoms with Crippen molar-refractivity contribution in [3.63, 3.8) is 0 Å². The number of nitrogens with zero attached hydrogens (tertiary/aromatic N) is 2. The van der Waals surface area contributed by atoms with Gasteiger partial charge in [-0.3, -0.25) is 9.98 Å². The van der Waals surface area contributed by atoms with E-state index in [1.807, 2.05) is 83.2 Å². The topological polar surface area (TPSA) is 24.7 Å². The van der Waals surface area contributed by atoms with Gasteiger partial charge in [0.05, 0.1) is 18.0 Å². The third kappa shape index (κ3) is 15.9. The van der Waals surface area contributed by atoms with Crippen LogP contribution in [0.3, 0.4) is 0 Å². The first-order chi connectivity index (χ1) is 36.5. The smallest absolute Gasteiger partial charge is 0.0791 e. The molecular weight excluding hydrogens is 905 g/mol. The maximum atomic E-state index is 5.28. The van der Waals surface area contributed by atoms with Crippen LogP contribution in [0.4, 0.5) is 0 Å². The molecule has 0 atom stereocenters. The molecule has 0 aliphatic carbocycles. The van der Waals surface area contributed by atoms with Gasteiger partial charge in [0.1, 0.15) is 0 Å². The summed E-state index contributed by atoms with van der Waals surface area (Å²) >= 11 is 0. The van der Waals surface area contributed by atoms with E-state index < -0.39 is 0 Å². The van der Waals surface area contributed by atoms with E-state index in [9.17, 15) is 0 Å². The molecule has 0 heterocycles. The van der Waals surface area contributed by atoms with Crippen molar-refractivity contribution in [2.24, 2.45) is 9.98 Å². The number of allylic oxidation sites excluding steroid dienone is 15. The fraction of sp³-hybridized carbons (Fsp3) is 0.123. The van der Waals surface area contributed by atoms with E-state index in [0.29, 0.717) is 6.54 Å². The molecule has 0 saturated carbocycles. The molecule has 0 amide bonds. The highest BCUT2D eigenvalue weighted by atomic mass is 14.8. The third-order valence-corrected chi connectivity index (χ3v) is 12.6. The number of benzene rings is 7. The van der Waals surface area contributed by atoms with Crippen LogP contribution in [0.25, 0.3) is 55.8 Å². The highest BCUT2D eigenvalue weighted by Crippen LogP contribution is 2.33. The lowest BCUT2D eigenvalue weighted by Crippen LogP contribution is -2.08. The summed E-state index contributed by atoms with van der Waals surface area (Å²) in [6.45, 7) is 37.3. The molecule has 7 aromatic carbocycles. The predicted molar refractivity (Wildman–Crippen MR) is 335 cm³/mol. The van der Waals surface area contributed by atoms with Crippen molar-refractivity contribution in [2.75, 3.05) is 0 Å². The number of hydrogen-bond acceptors (Lipinski definition) is 2. The van der Waals surface area contributed by atoms with Crippen LogP contribution in [-0.2, 0) is 6.54 Å². The Morgan fingerprint density at radius 3 is 1.55 bits per heavy atom. The van der Waals surface area contributed by atoms with Gasteiger partial charge in [-0.1, -0.05) is 258 Å². The van der Waals surface area contributed by atoms with Crippen LogP contribution in [0, 0.1) is 6.92 Å². The molecule has 0 fully saturated rings. The lowest BCUT2D eigenvalue weighted by Gasteiger charge is -2.17. The van der Waals surface area contributed by atoms with Gasteiger partial charge in [-0.2, -0.15) is 0 Å². The number of hydrogen-bond donors (Lipinski definition) is 0. The van der Waals surface area contributed by atoms with Gasteiger partial charge in [0.2, 0.25) is 0 Å². The molecule has 2 heteroatoms. The van der Waals surface area contributed by atoms with Crippen LogP contribution in [0.2, 0.25) is 0 Å². The van der Waals surface area contributed by atoms with Crippen LogP contribution in [-0.4, -0.2) is 12.4 Å². The van der Waals surface area contributed by atoms with Crippen LogP contribution < -0.4 is 0 Å². The molecule has 7 rings (SSSR count). The maximum Gasteiger partial charge on any atom is 0.0791 e. The SMILES string of the molecule is C=C/C(=C\C=C/C)c1ccc(C(=C)/C=C(\C)c2ccc(C(/C=C\C)=C/C)cc2)cc1.C=C/C(C(=NCc1ccc(C(=C)C)cc1)c1cc(-c2ccccc2)cc(-c2ccccc2)c1)=C(/N=C)c1ccccc1C.CC. The third-order valence-electron chi connectivity index (χ3n) is 12.6. The van der Waals surface area contributed by atoms with Crippen molar-refractivity contribution in [3.05, 3.63) is 313 Å². The first kappa shape index (κ1) is 57.2. The quantitative estimate of drug-likeness (QED) is 0.0605. The number of rotatable bonds is 18. The molecule has 2 nitrogen and oxygen atoms in total. The van der Waals surface area contributed by atoms with E-state index in [1.54, 1.807) is 0 Å². The molecule has 376 valence electrons. The summed E-state index contributed by atoms with van der Waals surface area (Å²) in [5, 5.41) is 0. The van der Waals surface area contributed by atoms with E-state index in [2.05, 4.69) is 241 Å². The van der Waals surface area contributed by atoms with Crippen molar-refractivity contribution >= 4 is 46.0 Å². The van der Waals surface area contributed by atoms with Gasteiger partial charge in [0.25, 0.3) is 0 Å². The average molecular weight is 979 g/mol. The summed E-state index contributed by atoms with van der Waals surface area (Å²) in [7, 11) is 0. The molecule has 0 N–H and O–H groups in total. The normalized spacial score (nSPS) is 12.2. The Morgan fingerprint density at radius 1 is 0.533 bits per heavy atom. The summed E-state index contributed by atoms with van der Waals surface area (Å²) in [5.41, 5.74) is 22.6. The standard InChI is InChI=1S/C41H36N2.C30H32.C2H6/c1-6-38(41(42-5)39-20-14-13-15-30(39)4)40(43-28-31-21-23-32(24-22-31)29(2)3)37-26-35(33-16-9-7-10-17-33)25-36(27-37)34-18-11-8-12-19-34;1-7-11-13-26(10-4)30-20-16-28(17-21-30)24(6)22-23(5)27-14-18-29(19-15-27)25(9-3)12-8-2;1-2/h6-27H,1-2,5,28H2,3-4H3;7-22H,4,6H2,1-3,5H3;1-2H3/b41-38-,43-40?;11-7-,12-8-,23-22+,25-9+,26-13+;. The Balaban J connectivity index is 0.000000286. The average Bonchev–Trinajstić information content (AvgIpc) is 3.46. The Kier molecular flexibility index (Phi) is 22.7. The first-order valence-corrected chi connectivity index (χ1v) is 25.8. The van der Waals surface area contributed by atoms with Gasteiger partial charge in [-0.15, -0.1) is 0 Å². The lowest BCUT2D eigenvalue weighted by molar-refractivity contribution is 1.07. The van der Waals surface area contributed by atoms with Crippen LogP contribution in [0.5, 0.6) is 0 Å². The second-order valence-electron chi connectivity index (χ2n) is 17.7. The Labute approximate surface area is 450 Å². The lowest BCUT2D eigenvalue weighted by atomic mass is 9.90. The molecular formula is C73H74N2. The summed E-state index contributed by atoms with van der Waals surface area (Å²) < 4.78 is 0. The van der Waals surface area contributed by atoms with E-state index in [1.165, 1.54) is 22.3 Å². The summed E-state index contributed by atoms with van der Waals surface area (Å²) in [6, 6.07) is 61.4. The van der Waals surface area contributed by atoms with E-state index in [0.717, 1.165) is 94.9 Å². The van der Waals surface area contributed by atoms with Gasteiger partial charge < -0.3 is 0 Å². The van der Waals surface area contributed by atoms with Gasteiger partial charge in [-0.05, 0) is 150 Å². The Morgan fingerprint density at radius 2 is 1.05 bits per heavy atom. The molecule has 0 aliphatic heterocycles. The minimum Gasteiger partial charge on any atom is -0.279 e. The second-order valence-corrected chi connectivity index (χ2v) is 17.7. The van der Waals surface area contributed by atoms with Crippen molar-refractivity contribution < 1.29 is 0 Å². The first-order valence-electron chi connectivity index (χ1n) is 25.8. The zero-order valence-electron chi connectivity index (χ0n) is 45.6. The second kappa shape index (κ2) is 29.7. The van der Waals surface area contributed by atoms with Gasteiger partial charge >= 0.3 is 0 Å². The molecule has 0 aromatic heterocycles. The molecule has 0 spiro atoms. The molecule has 0 aliphatic rings. The summed E-state index contributed by atoms with van der Waals surface area (Å²) in [6.07, 6.45) is 18.3. The molecule has 0 radical (unpaired) electrons. The molecule has 0 unspecified atom stereocenters. The minimum absolute atomic E-state index is 0.498. The monoisotopic (exact) mass is 979 g/mol. The van der Waals surface area contributed by atoms with Crippen molar-refractivity contribution in [1.29, 1.82) is 0 Å². The largest absolute Gasteiger partial charge is 0.279 e. The summed E-state index contributed by atoms with van der Waals surface area (Å²) in [5.74, 6) is 0. The van der Waals surface area contributed by atoms with Crippen LogP contribution >= 0.6 is 0 Å².